The van der Waals surface area contributed by atoms with E-state index in [-0.39, 0.29) is 12.6 Å². The van der Waals surface area contributed by atoms with Gasteiger partial charge in [-0.2, -0.15) is 0 Å². The molecule has 0 saturated carbocycles. The number of fused-ring (bicyclic) bond motifs is 1. The Labute approximate surface area is 140 Å². The average Bonchev–Trinajstić information content (AvgIpc) is 3.02. The van der Waals surface area contributed by atoms with Gasteiger partial charge in [0.25, 0.3) is 0 Å². The Bertz CT molecular complexity index is 808. The molecular weight excluding hydrogens is 304 g/mol. The fourth-order valence-corrected chi connectivity index (χ4v) is 2.61. The highest BCUT2D eigenvalue weighted by Gasteiger charge is 2.12. The fraction of sp³-hybridized carbons (Fsp3) is 0.211. The van der Waals surface area contributed by atoms with Gasteiger partial charge in [0.05, 0.1) is 13.2 Å². The lowest BCUT2D eigenvalue weighted by atomic mass is 10.1. The molecule has 2 N–H and O–H groups in total. The first-order chi connectivity index (χ1) is 11.7. The smallest absolute Gasteiger partial charge is 0.317 e. The molecule has 0 aliphatic carbocycles. The molecule has 3 rings (SSSR count). The maximum Gasteiger partial charge on any atom is 0.317 e. The Hall–Kier alpha value is -2.79. The maximum absolute atomic E-state index is 12.2. The number of aliphatic hydroxyl groups is 1. The van der Waals surface area contributed by atoms with Gasteiger partial charge in [0.2, 0.25) is 0 Å². The number of amides is 2. The maximum atomic E-state index is 12.2. The highest BCUT2D eigenvalue weighted by molar-refractivity contribution is 5.78. The van der Waals surface area contributed by atoms with Crippen LogP contribution in [0.4, 0.5) is 4.79 Å². The lowest BCUT2D eigenvalue weighted by Gasteiger charge is -2.17. The molecule has 5 nitrogen and oxygen atoms in total. The van der Waals surface area contributed by atoms with E-state index >= 15 is 0 Å². The zero-order valence-corrected chi connectivity index (χ0v) is 13.5. The molecule has 0 aliphatic rings. The first-order valence-electron chi connectivity index (χ1n) is 7.81. The summed E-state index contributed by atoms with van der Waals surface area (Å²) in [6, 6.07) is 17.0. The topological polar surface area (TPSA) is 65.7 Å². The molecule has 2 amide bonds. The van der Waals surface area contributed by atoms with Gasteiger partial charge in [-0.1, -0.05) is 42.5 Å². The highest BCUT2D eigenvalue weighted by atomic mass is 16.3. The van der Waals surface area contributed by atoms with Crippen LogP contribution < -0.4 is 5.32 Å². The molecular formula is C19H20N2O3. The van der Waals surface area contributed by atoms with Gasteiger partial charge in [0, 0.05) is 19.0 Å². The minimum Gasteiger partial charge on any atom is -0.459 e. The molecule has 1 heterocycles. The van der Waals surface area contributed by atoms with E-state index in [9.17, 15) is 9.90 Å². The van der Waals surface area contributed by atoms with Gasteiger partial charge in [-0.3, -0.25) is 0 Å². The second kappa shape index (κ2) is 7.19. The summed E-state index contributed by atoms with van der Waals surface area (Å²) < 4.78 is 5.73. The summed E-state index contributed by atoms with van der Waals surface area (Å²) >= 11 is 0. The lowest BCUT2D eigenvalue weighted by molar-refractivity contribution is 0.203. The number of aliphatic hydroxyl groups excluding tert-OH is 1. The quantitative estimate of drug-likeness (QED) is 0.757. The van der Waals surface area contributed by atoms with Crippen LogP contribution in [0.25, 0.3) is 11.0 Å². The number of rotatable bonds is 5. The lowest BCUT2D eigenvalue weighted by Crippen LogP contribution is -2.36. The fourth-order valence-electron chi connectivity index (χ4n) is 2.61. The predicted molar refractivity (Wildman–Crippen MR) is 92.3 cm³/mol. The molecule has 0 saturated heterocycles. The molecule has 1 aromatic heterocycles. The van der Waals surface area contributed by atoms with Gasteiger partial charge >= 0.3 is 6.03 Å². The first kappa shape index (κ1) is 16.1. The number of hydrogen-bond donors (Lipinski definition) is 2. The minimum absolute atomic E-state index is 0.0408. The molecule has 3 aromatic rings. The molecule has 24 heavy (non-hydrogen) atoms. The van der Waals surface area contributed by atoms with Crippen LogP contribution in [0.3, 0.4) is 0 Å². The van der Waals surface area contributed by atoms with Crippen LogP contribution in [-0.4, -0.2) is 23.1 Å². The number of urea groups is 1. The van der Waals surface area contributed by atoms with Crippen LogP contribution >= 0.6 is 0 Å². The van der Waals surface area contributed by atoms with E-state index in [4.69, 9.17) is 4.42 Å². The molecule has 0 aliphatic heterocycles. The summed E-state index contributed by atoms with van der Waals surface area (Å²) in [7, 11) is 1.72. The van der Waals surface area contributed by atoms with Crippen LogP contribution in [0.1, 0.15) is 16.9 Å². The Morgan fingerprint density at radius 2 is 1.83 bits per heavy atom. The van der Waals surface area contributed by atoms with Crippen molar-refractivity contribution < 1.29 is 14.3 Å². The van der Waals surface area contributed by atoms with Crippen molar-refractivity contribution in [3.63, 3.8) is 0 Å². The summed E-state index contributed by atoms with van der Waals surface area (Å²) in [4.78, 5) is 13.8. The van der Waals surface area contributed by atoms with Crippen LogP contribution in [0, 0.1) is 0 Å². The summed E-state index contributed by atoms with van der Waals surface area (Å²) in [5.74, 6) is 0.740. The van der Waals surface area contributed by atoms with E-state index in [1.165, 1.54) is 0 Å². The van der Waals surface area contributed by atoms with Crippen LogP contribution in [0.5, 0.6) is 0 Å². The standard InChI is InChI=1S/C19H20N2O3/c1-21(12-17-10-14-6-4-5-9-18(14)24-17)19(23)20-11-15-7-2-3-8-16(15)13-22/h2-10,22H,11-13H2,1H3,(H,20,23). The van der Waals surface area contributed by atoms with Crippen LogP contribution in [-0.2, 0) is 19.7 Å². The zero-order valence-electron chi connectivity index (χ0n) is 13.5. The molecule has 0 spiro atoms. The van der Waals surface area contributed by atoms with E-state index < -0.39 is 0 Å². The third-order valence-electron chi connectivity index (χ3n) is 3.94. The summed E-state index contributed by atoms with van der Waals surface area (Å²) in [6.07, 6.45) is 0. The van der Waals surface area contributed by atoms with Crippen molar-refractivity contribution in [2.45, 2.75) is 19.7 Å². The number of para-hydroxylation sites is 1. The van der Waals surface area contributed by atoms with Crippen molar-refractivity contribution in [2.24, 2.45) is 0 Å². The Morgan fingerprint density at radius 3 is 2.58 bits per heavy atom. The molecule has 0 fully saturated rings. The minimum atomic E-state index is -0.191. The summed E-state index contributed by atoms with van der Waals surface area (Å²) in [5.41, 5.74) is 2.54. The average molecular weight is 324 g/mol. The highest BCUT2D eigenvalue weighted by Crippen LogP contribution is 2.19. The van der Waals surface area contributed by atoms with Crippen LogP contribution in [0.15, 0.2) is 59.0 Å². The van der Waals surface area contributed by atoms with Gasteiger partial charge in [-0.25, -0.2) is 4.79 Å². The van der Waals surface area contributed by atoms with Gasteiger partial charge in [0.1, 0.15) is 11.3 Å². The van der Waals surface area contributed by atoms with E-state index in [0.717, 1.165) is 27.9 Å². The molecule has 0 bridgehead atoms. The Balaban J connectivity index is 1.60. The second-order valence-corrected chi connectivity index (χ2v) is 5.69. The van der Waals surface area contributed by atoms with Crippen molar-refractivity contribution in [2.75, 3.05) is 7.05 Å². The van der Waals surface area contributed by atoms with Gasteiger partial charge < -0.3 is 19.7 Å². The number of hydrogen-bond acceptors (Lipinski definition) is 3. The summed E-state index contributed by atoms with van der Waals surface area (Å²) in [6.45, 7) is 0.725. The zero-order chi connectivity index (χ0) is 16.9. The molecule has 2 aromatic carbocycles. The van der Waals surface area contributed by atoms with Crippen molar-refractivity contribution in [3.8, 4) is 0 Å². The third-order valence-corrected chi connectivity index (χ3v) is 3.94. The Kier molecular flexibility index (Phi) is 4.82. The molecule has 124 valence electrons. The molecule has 5 heteroatoms. The number of benzene rings is 2. The monoisotopic (exact) mass is 324 g/mol. The normalized spacial score (nSPS) is 10.8. The molecule has 0 radical (unpaired) electrons. The van der Waals surface area contributed by atoms with Gasteiger partial charge in [0.15, 0.2) is 0 Å². The van der Waals surface area contributed by atoms with E-state index in [1.807, 2.05) is 54.6 Å². The van der Waals surface area contributed by atoms with Crippen molar-refractivity contribution in [1.29, 1.82) is 0 Å². The molecule has 0 unspecified atom stereocenters. The number of nitrogens with zero attached hydrogens (tertiary/aromatic N) is 1. The SMILES string of the molecule is CN(Cc1cc2ccccc2o1)C(=O)NCc1ccccc1CO. The first-order valence-corrected chi connectivity index (χ1v) is 7.81. The number of carbonyl (C=O) groups is 1. The largest absolute Gasteiger partial charge is 0.459 e. The molecule has 0 atom stereocenters. The number of furan rings is 1. The third kappa shape index (κ3) is 3.58. The van der Waals surface area contributed by atoms with Crippen molar-refractivity contribution >= 4 is 17.0 Å². The van der Waals surface area contributed by atoms with Crippen LogP contribution in [0.2, 0.25) is 0 Å². The van der Waals surface area contributed by atoms with Gasteiger partial charge in [-0.15, -0.1) is 0 Å². The van der Waals surface area contributed by atoms with E-state index in [2.05, 4.69) is 5.32 Å². The van der Waals surface area contributed by atoms with E-state index in [1.54, 1.807) is 11.9 Å². The second-order valence-electron chi connectivity index (χ2n) is 5.69. The van der Waals surface area contributed by atoms with Crippen molar-refractivity contribution in [1.82, 2.24) is 10.2 Å². The van der Waals surface area contributed by atoms with Crippen molar-refractivity contribution in [3.05, 3.63) is 71.5 Å². The van der Waals surface area contributed by atoms with E-state index in [0.29, 0.717) is 13.1 Å². The summed E-state index contributed by atoms with van der Waals surface area (Å²) in [5, 5.41) is 13.2. The number of nitrogens with one attached hydrogen (secondary N) is 1. The predicted octanol–water partition coefficient (Wildman–Crippen LogP) is 3.27. The Morgan fingerprint density at radius 1 is 1.12 bits per heavy atom. The van der Waals surface area contributed by atoms with Gasteiger partial charge in [-0.05, 0) is 23.3 Å². The number of carbonyl (C=O) groups excluding carboxylic acids is 1.